The molecule has 17 heavy (non-hydrogen) atoms. The summed E-state index contributed by atoms with van der Waals surface area (Å²) >= 11 is 1.69. The molecule has 4 nitrogen and oxygen atoms in total. The first-order valence-corrected chi connectivity index (χ1v) is 6.76. The molecule has 98 valence electrons. The van der Waals surface area contributed by atoms with E-state index in [9.17, 15) is 0 Å². The van der Waals surface area contributed by atoms with Gasteiger partial charge in [-0.3, -0.25) is 4.90 Å². The molecule has 0 aliphatic rings. The first-order chi connectivity index (χ1) is 8.08. The van der Waals surface area contributed by atoms with Gasteiger partial charge in [0.05, 0.1) is 17.3 Å². The average Bonchev–Trinajstić information content (AvgIpc) is 2.65. The van der Waals surface area contributed by atoms with Gasteiger partial charge in [0.25, 0.3) is 0 Å². The van der Waals surface area contributed by atoms with E-state index in [4.69, 9.17) is 10.5 Å². The zero-order chi connectivity index (χ0) is 12.8. The first-order valence-electron chi connectivity index (χ1n) is 5.88. The predicted octanol–water partition coefficient (Wildman–Crippen LogP) is 1.49. The monoisotopic (exact) mass is 257 g/mol. The molecule has 0 saturated heterocycles. The Bertz CT molecular complexity index is 329. The van der Waals surface area contributed by atoms with E-state index in [1.54, 1.807) is 18.4 Å². The van der Waals surface area contributed by atoms with Crippen LogP contribution < -0.4 is 5.73 Å². The van der Waals surface area contributed by atoms with Crippen molar-refractivity contribution in [2.24, 2.45) is 11.7 Å². The molecular weight excluding hydrogens is 234 g/mol. The van der Waals surface area contributed by atoms with Gasteiger partial charge in [0, 0.05) is 31.6 Å². The Morgan fingerprint density at radius 1 is 1.59 bits per heavy atom. The molecule has 1 aromatic rings. The minimum Gasteiger partial charge on any atom is -0.384 e. The van der Waals surface area contributed by atoms with Crippen molar-refractivity contribution in [2.45, 2.75) is 26.4 Å². The molecule has 0 amide bonds. The number of likely N-dealkylation sites (N-methyl/N-ethyl adjacent to an activating group) is 1. The smallest absolute Gasteiger partial charge is 0.0897 e. The normalized spacial score (nSPS) is 15.2. The molecular formula is C12H23N3OS. The summed E-state index contributed by atoms with van der Waals surface area (Å²) in [5.41, 5.74) is 6.97. The molecule has 0 bridgehead atoms. The molecule has 1 rings (SSSR count). The molecule has 2 atom stereocenters. The molecule has 0 fully saturated rings. The zero-order valence-corrected chi connectivity index (χ0v) is 12.0. The van der Waals surface area contributed by atoms with Crippen molar-refractivity contribution in [2.75, 3.05) is 27.3 Å². The van der Waals surface area contributed by atoms with Crippen LogP contribution in [0.15, 0.2) is 5.38 Å². The lowest BCUT2D eigenvalue weighted by Gasteiger charge is -2.31. The summed E-state index contributed by atoms with van der Waals surface area (Å²) in [4.78, 5) is 6.74. The van der Waals surface area contributed by atoms with Crippen molar-refractivity contribution in [3.63, 3.8) is 0 Å². The largest absolute Gasteiger partial charge is 0.384 e. The van der Waals surface area contributed by atoms with Crippen LogP contribution in [0.1, 0.15) is 17.6 Å². The number of hydrogen-bond acceptors (Lipinski definition) is 5. The van der Waals surface area contributed by atoms with Crippen LogP contribution >= 0.6 is 11.3 Å². The third-order valence-electron chi connectivity index (χ3n) is 2.97. The summed E-state index contributed by atoms with van der Waals surface area (Å²) in [7, 11) is 3.83. The molecule has 2 N–H and O–H groups in total. The summed E-state index contributed by atoms with van der Waals surface area (Å²) in [5.74, 6) is 0.426. The van der Waals surface area contributed by atoms with E-state index in [-0.39, 0.29) is 0 Å². The Hall–Kier alpha value is -0.490. The van der Waals surface area contributed by atoms with Crippen molar-refractivity contribution >= 4 is 11.3 Å². The molecule has 2 unspecified atom stereocenters. The van der Waals surface area contributed by atoms with Crippen LogP contribution in [-0.4, -0.2) is 43.2 Å². The van der Waals surface area contributed by atoms with Gasteiger partial charge >= 0.3 is 0 Å². The van der Waals surface area contributed by atoms with Crippen molar-refractivity contribution in [1.29, 1.82) is 0 Å². The second-order valence-corrected chi connectivity index (χ2v) is 5.57. The third-order valence-corrected chi connectivity index (χ3v) is 3.79. The van der Waals surface area contributed by atoms with Crippen LogP contribution in [0, 0.1) is 12.8 Å². The number of rotatable bonds is 7. The molecule has 1 aromatic heterocycles. The van der Waals surface area contributed by atoms with E-state index in [0.717, 1.165) is 23.9 Å². The maximum absolute atomic E-state index is 5.85. The quantitative estimate of drug-likeness (QED) is 0.804. The number of aromatic nitrogens is 1. The average molecular weight is 257 g/mol. The highest BCUT2D eigenvalue weighted by molar-refractivity contribution is 7.09. The molecule has 5 heteroatoms. The fraction of sp³-hybridized carbons (Fsp3) is 0.750. The highest BCUT2D eigenvalue weighted by Crippen LogP contribution is 2.14. The van der Waals surface area contributed by atoms with Gasteiger partial charge in [0.15, 0.2) is 0 Å². The van der Waals surface area contributed by atoms with Gasteiger partial charge < -0.3 is 10.5 Å². The Labute approximate surface area is 108 Å². The highest BCUT2D eigenvalue weighted by Gasteiger charge is 2.20. The van der Waals surface area contributed by atoms with E-state index in [1.807, 2.05) is 6.92 Å². The lowest BCUT2D eigenvalue weighted by atomic mass is 10.0. The van der Waals surface area contributed by atoms with E-state index >= 15 is 0 Å². The number of aryl methyl sites for hydroxylation is 1. The van der Waals surface area contributed by atoms with Gasteiger partial charge in [0.1, 0.15) is 0 Å². The Morgan fingerprint density at radius 2 is 2.29 bits per heavy atom. The second kappa shape index (κ2) is 7.06. The number of hydrogen-bond donors (Lipinski definition) is 1. The van der Waals surface area contributed by atoms with Gasteiger partial charge in [-0.2, -0.15) is 0 Å². The van der Waals surface area contributed by atoms with Crippen molar-refractivity contribution in [1.82, 2.24) is 9.88 Å². The van der Waals surface area contributed by atoms with Crippen molar-refractivity contribution in [3.8, 4) is 0 Å². The first kappa shape index (κ1) is 14.6. The lowest BCUT2D eigenvalue weighted by molar-refractivity contribution is 0.0948. The molecule has 0 aromatic carbocycles. The molecule has 0 aliphatic heterocycles. The summed E-state index contributed by atoms with van der Waals surface area (Å²) in [6.45, 7) is 6.43. The number of methoxy groups -OCH3 is 1. The van der Waals surface area contributed by atoms with Crippen molar-refractivity contribution < 1.29 is 4.74 Å². The van der Waals surface area contributed by atoms with Gasteiger partial charge in [0.2, 0.25) is 0 Å². The van der Waals surface area contributed by atoms with E-state index in [1.165, 1.54) is 0 Å². The summed E-state index contributed by atoms with van der Waals surface area (Å²) in [6, 6.07) is 0.331. The lowest BCUT2D eigenvalue weighted by Crippen LogP contribution is -2.43. The van der Waals surface area contributed by atoms with E-state index < -0.39 is 0 Å². The SMILES string of the molecule is COCC(C)C(CN)N(C)Cc1csc(C)n1. The summed E-state index contributed by atoms with van der Waals surface area (Å²) in [6.07, 6.45) is 0. The molecule has 0 spiro atoms. The minimum atomic E-state index is 0.331. The van der Waals surface area contributed by atoms with Gasteiger partial charge in [-0.05, 0) is 19.9 Å². The predicted molar refractivity (Wildman–Crippen MR) is 72.2 cm³/mol. The number of nitrogens with zero attached hydrogens (tertiary/aromatic N) is 2. The van der Waals surface area contributed by atoms with E-state index in [2.05, 4.69) is 29.2 Å². The number of nitrogens with two attached hydrogens (primary N) is 1. The summed E-state index contributed by atoms with van der Waals surface area (Å²) < 4.78 is 5.20. The summed E-state index contributed by atoms with van der Waals surface area (Å²) in [5, 5.41) is 3.23. The molecule has 0 saturated carbocycles. The van der Waals surface area contributed by atoms with Gasteiger partial charge in [-0.15, -0.1) is 11.3 Å². The third kappa shape index (κ3) is 4.35. The van der Waals surface area contributed by atoms with Gasteiger partial charge in [-0.1, -0.05) is 6.92 Å². The van der Waals surface area contributed by atoms with Crippen molar-refractivity contribution in [3.05, 3.63) is 16.1 Å². The Morgan fingerprint density at radius 3 is 2.76 bits per heavy atom. The molecule has 1 heterocycles. The zero-order valence-electron chi connectivity index (χ0n) is 11.1. The standard InChI is InChI=1S/C12H23N3OS/c1-9(7-16-4)12(5-13)15(3)6-11-8-17-10(2)14-11/h8-9,12H,5-7,13H2,1-4H3. The fourth-order valence-electron chi connectivity index (χ4n) is 2.07. The number of thiazole rings is 1. The van der Waals surface area contributed by atoms with Crippen LogP contribution in [0.2, 0.25) is 0 Å². The molecule has 0 radical (unpaired) electrons. The minimum absolute atomic E-state index is 0.331. The molecule has 0 aliphatic carbocycles. The Balaban J connectivity index is 2.56. The second-order valence-electron chi connectivity index (χ2n) is 4.51. The van der Waals surface area contributed by atoms with Crippen LogP contribution in [-0.2, 0) is 11.3 Å². The highest BCUT2D eigenvalue weighted by atomic mass is 32.1. The fourth-order valence-corrected chi connectivity index (χ4v) is 2.68. The van der Waals surface area contributed by atoms with Crippen LogP contribution in [0.25, 0.3) is 0 Å². The maximum Gasteiger partial charge on any atom is 0.0897 e. The Kier molecular flexibility index (Phi) is 6.05. The maximum atomic E-state index is 5.85. The van der Waals surface area contributed by atoms with E-state index in [0.29, 0.717) is 18.5 Å². The topological polar surface area (TPSA) is 51.4 Å². The van der Waals surface area contributed by atoms with Crippen LogP contribution in [0.5, 0.6) is 0 Å². The van der Waals surface area contributed by atoms with Crippen LogP contribution in [0.4, 0.5) is 0 Å². The number of ether oxygens (including phenoxy) is 1. The van der Waals surface area contributed by atoms with Gasteiger partial charge in [-0.25, -0.2) is 4.98 Å². The van der Waals surface area contributed by atoms with Crippen LogP contribution in [0.3, 0.4) is 0 Å².